The van der Waals surface area contributed by atoms with Gasteiger partial charge in [0.2, 0.25) is 0 Å². The molecular formula is C18H29N5O. The van der Waals surface area contributed by atoms with Crippen molar-refractivity contribution in [2.45, 2.75) is 38.6 Å². The fourth-order valence-electron chi connectivity index (χ4n) is 4.31. The maximum absolute atomic E-state index is 4.92. The number of piperazine rings is 1. The minimum Gasteiger partial charge on any atom is -0.364 e. The van der Waals surface area contributed by atoms with Gasteiger partial charge in [-0.2, -0.15) is 0 Å². The molecule has 3 fully saturated rings. The van der Waals surface area contributed by atoms with Crippen molar-refractivity contribution in [3.63, 3.8) is 0 Å². The standard InChI is InChI=1S/C18H29N5O/c1-19-17(20-14-18(6-2-7-18)15-3-4-15)23-10-8-22(9-11-23)13-16-5-12-24-21-16/h5,12,15H,2-4,6-11,13-14H2,1H3,(H,19,20). The SMILES string of the molecule is CN=C(NCC1(C2CC2)CCC1)N1CCN(Cc2ccon2)CC1. The van der Waals surface area contributed by atoms with Crippen LogP contribution in [0, 0.1) is 11.3 Å². The van der Waals surface area contributed by atoms with Gasteiger partial charge in [0.15, 0.2) is 5.96 Å². The van der Waals surface area contributed by atoms with Gasteiger partial charge in [-0.25, -0.2) is 0 Å². The lowest BCUT2D eigenvalue weighted by atomic mass is 9.65. The minimum atomic E-state index is 0.588. The zero-order valence-corrected chi connectivity index (χ0v) is 14.7. The Hall–Kier alpha value is -1.56. The number of guanidine groups is 1. The first-order valence-corrected chi connectivity index (χ1v) is 9.36. The molecule has 24 heavy (non-hydrogen) atoms. The molecule has 0 aromatic carbocycles. The molecule has 6 nitrogen and oxygen atoms in total. The van der Waals surface area contributed by atoms with Crippen molar-refractivity contribution in [1.82, 2.24) is 20.3 Å². The molecular weight excluding hydrogens is 302 g/mol. The fourth-order valence-corrected chi connectivity index (χ4v) is 4.31. The fraction of sp³-hybridized carbons (Fsp3) is 0.778. The third kappa shape index (κ3) is 3.29. The first-order chi connectivity index (χ1) is 11.8. The van der Waals surface area contributed by atoms with Crippen molar-refractivity contribution in [2.75, 3.05) is 39.8 Å². The monoisotopic (exact) mass is 331 g/mol. The van der Waals surface area contributed by atoms with Crippen molar-refractivity contribution in [3.05, 3.63) is 18.0 Å². The molecule has 2 heterocycles. The summed E-state index contributed by atoms with van der Waals surface area (Å²) in [6, 6.07) is 1.95. The molecule has 2 saturated carbocycles. The van der Waals surface area contributed by atoms with Gasteiger partial charge in [0.25, 0.3) is 0 Å². The Balaban J connectivity index is 1.26. The molecule has 3 aliphatic rings. The summed E-state index contributed by atoms with van der Waals surface area (Å²) in [5.41, 5.74) is 1.60. The third-order valence-electron chi connectivity index (χ3n) is 6.15. The predicted octanol–water partition coefficient (Wildman–Crippen LogP) is 1.95. The Morgan fingerprint density at radius 3 is 2.67 bits per heavy atom. The van der Waals surface area contributed by atoms with Gasteiger partial charge >= 0.3 is 0 Å². The summed E-state index contributed by atoms with van der Waals surface area (Å²) >= 11 is 0. The Morgan fingerprint density at radius 1 is 1.33 bits per heavy atom. The highest BCUT2D eigenvalue weighted by Gasteiger charge is 2.48. The van der Waals surface area contributed by atoms with E-state index in [2.05, 4.69) is 25.3 Å². The summed E-state index contributed by atoms with van der Waals surface area (Å²) in [6.45, 7) is 6.12. The molecule has 1 aliphatic heterocycles. The van der Waals surface area contributed by atoms with Gasteiger partial charge in [0, 0.05) is 52.4 Å². The number of nitrogens with one attached hydrogen (secondary N) is 1. The largest absolute Gasteiger partial charge is 0.364 e. The van der Waals surface area contributed by atoms with E-state index in [-0.39, 0.29) is 0 Å². The molecule has 132 valence electrons. The van der Waals surface area contributed by atoms with Crippen LogP contribution >= 0.6 is 0 Å². The molecule has 0 atom stereocenters. The topological polar surface area (TPSA) is 56.9 Å². The molecule has 0 amide bonds. The van der Waals surface area contributed by atoms with E-state index in [1.807, 2.05) is 13.1 Å². The van der Waals surface area contributed by atoms with Crippen LogP contribution in [0.4, 0.5) is 0 Å². The molecule has 0 unspecified atom stereocenters. The van der Waals surface area contributed by atoms with Crippen molar-refractivity contribution in [3.8, 4) is 0 Å². The van der Waals surface area contributed by atoms with Crippen LogP contribution in [0.1, 0.15) is 37.8 Å². The van der Waals surface area contributed by atoms with Gasteiger partial charge < -0.3 is 14.7 Å². The van der Waals surface area contributed by atoms with E-state index in [4.69, 9.17) is 4.52 Å². The summed E-state index contributed by atoms with van der Waals surface area (Å²) in [7, 11) is 1.91. The molecule has 1 aromatic heterocycles. The van der Waals surface area contributed by atoms with Crippen LogP contribution in [0.3, 0.4) is 0 Å². The molecule has 0 bridgehead atoms. The number of hydrogen-bond acceptors (Lipinski definition) is 4. The Morgan fingerprint density at radius 2 is 2.12 bits per heavy atom. The molecule has 1 aromatic rings. The van der Waals surface area contributed by atoms with E-state index < -0.39 is 0 Å². The highest BCUT2D eigenvalue weighted by molar-refractivity contribution is 5.80. The van der Waals surface area contributed by atoms with E-state index in [0.717, 1.165) is 56.8 Å². The van der Waals surface area contributed by atoms with Crippen molar-refractivity contribution < 1.29 is 4.52 Å². The molecule has 1 saturated heterocycles. The van der Waals surface area contributed by atoms with Crippen LogP contribution in [0.2, 0.25) is 0 Å². The van der Waals surface area contributed by atoms with E-state index in [9.17, 15) is 0 Å². The Bertz CT molecular complexity index is 554. The summed E-state index contributed by atoms with van der Waals surface area (Å²) in [6.07, 6.45) is 8.77. The zero-order valence-electron chi connectivity index (χ0n) is 14.7. The Labute approximate surface area is 144 Å². The van der Waals surface area contributed by atoms with Crippen molar-refractivity contribution >= 4 is 5.96 Å². The second kappa shape index (κ2) is 6.75. The zero-order chi connectivity index (χ0) is 16.4. The van der Waals surface area contributed by atoms with Crippen LogP contribution in [-0.4, -0.2) is 60.7 Å². The second-order valence-electron chi connectivity index (χ2n) is 7.64. The lowest BCUT2D eigenvalue weighted by molar-refractivity contribution is 0.103. The van der Waals surface area contributed by atoms with Gasteiger partial charge in [-0.05, 0) is 37.0 Å². The van der Waals surface area contributed by atoms with E-state index in [1.165, 1.54) is 32.1 Å². The van der Waals surface area contributed by atoms with Gasteiger partial charge in [0.05, 0.1) is 5.69 Å². The van der Waals surface area contributed by atoms with Crippen molar-refractivity contribution in [1.29, 1.82) is 0 Å². The van der Waals surface area contributed by atoms with Crippen molar-refractivity contribution in [2.24, 2.45) is 16.3 Å². The third-order valence-corrected chi connectivity index (χ3v) is 6.15. The van der Waals surface area contributed by atoms with Gasteiger partial charge in [-0.3, -0.25) is 9.89 Å². The van der Waals surface area contributed by atoms with Gasteiger partial charge in [0.1, 0.15) is 6.26 Å². The van der Waals surface area contributed by atoms with Gasteiger partial charge in [-0.1, -0.05) is 11.6 Å². The molecule has 6 heteroatoms. The first-order valence-electron chi connectivity index (χ1n) is 9.36. The number of rotatable bonds is 5. The van der Waals surface area contributed by atoms with Crippen LogP contribution in [0.15, 0.2) is 21.8 Å². The quantitative estimate of drug-likeness (QED) is 0.660. The van der Waals surface area contributed by atoms with Gasteiger partial charge in [-0.15, -0.1) is 0 Å². The Kier molecular flexibility index (Phi) is 4.48. The summed E-state index contributed by atoms with van der Waals surface area (Å²) < 4.78 is 4.92. The molecule has 0 radical (unpaired) electrons. The number of aliphatic imine (C=N–C) groups is 1. The number of nitrogens with zero attached hydrogens (tertiary/aromatic N) is 4. The van der Waals surface area contributed by atoms with Crippen LogP contribution in [0.25, 0.3) is 0 Å². The molecule has 1 N–H and O–H groups in total. The van der Waals surface area contributed by atoms with E-state index >= 15 is 0 Å². The average Bonchev–Trinajstić information content (AvgIpc) is 3.29. The van der Waals surface area contributed by atoms with E-state index in [1.54, 1.807) is 6.26 Å². The maximum Gasteiger partial charge on any atom is 0.193 e. The lowest BCUT2D eigenvalue weighted by Gasteiger charge is -2.44. The number of aromatic nitrogens is 1. The lowest BCUT2D eigenvalue weighted by Crippen LogP contribution is -2.54. The minimum absolute atomic E-state index is 0.588. The predicted molar refractivity (Wildman–Crippen MR) is 93.7 cm³/mol. The van der Waals surface area contributed by atoms with Crippen LogP contribution in [0.5, 0.6) is 0 Å². The molecule has 2 aliphatic carbocycles. The maximum atomic E-state index is 4.92. The summed E-state index contributed by atoms with van der Waals surface area (Å²) in [5, 5.41) is 7.70. The smallest absolute Gasteiger partial charge is 0.193 e. The molecule has 0 spiro atoms. The molecule has 4 rings (SSSR count). The normalized spacial score (nSPS) is 24.7. The highest BCUT2D eigenvalue weighted by Crippen LogP contribution is 2.56. The number of hydrogen-bond donors (Lipinski definition) is 1. The van der Waals surface area contributed by atoms with E-state index in [0.29, 0.717) is 5.41 Å². The van der Waals surface area contributed by atoms with Crippen LogP contribution < -0.4 is 5.32 Å². The highest BCUT2D eigenvalue weighted by atomic mass is 16.5. The average molecular weight is 331 g/mol. The summed E-state index contributed by atoms with van der Waals surface area (Å²) in [4.78, 5) is 9.37. The second-order valence-corrected chi connectivity index (χ2v) is 7.64. The summed E-state index contributed by atoms with van der Waals surface area (Å²) in [5.74, 6) is 2.07. The first kappa shape index (κ1) is 15.9. The van der Waals surface area contributed by atoms with Crippen LogP contribution in [-0.2, 0) is 6.54 Å².